The molecule has 2 aromatic carbocycles. The maximum absolute atomic E-state index is 10.8. The lowest BCUT2D eigenvalue weighted by molar-refractivity contribution is -0.140. The third-order valence-corrected chi connectivity index (χ3v) is 5.70. The SMILES string of the molecule is COC(=O)CCCc1ccccc1.O=S(=O)(O)C(P)c1ccccc1. The number of methoxy groups -OCH3 is 1. The van der Waals surface area contributed by atoms with Gasteiger partial charge in [0, 0.05) is 6.42 Å². The Balaban J connectivity index is 0.000000251. The minimum Gasteiger partial charge on any atom is -0.469 e. The van der Waals surface area contributed by atoms with Crippen molar-refractivity contribution in [2.45, 2.75) is 24.3 Å². The fourth-order valence-electron chi connectivity index (χ4n) is 2.00. The molecule has 0 aromatic heterocycles. The number of esters is 1. The first-order valence-electron chi connectivity index (χ1n) is 7.72. The summed E-state index contributed by atoms with van der Waals surface area (Å²) in [5.41, 5.74) is 1.83. The van der Waals surface area contributed by atoms with Gasteiger partial charge in [-0.3, -0.25) is 9.35 Å². The number of rotatable bonds is 6. The summed E-state index contributed by atoms with van der Waals surface area (Å²) >= 11 is 0. The lowest BCUT2D eigenvalue weighted by Crippen LogP contribution is -2.04. The van der Waals surface area contributed by atoms with Crippen LogP contribution in [0.5, 0.6) is 0 Å². The quantitative estimate of drug-likeness (QED) is 0.469. The van der Waals surface area contributed by atoms with Crippen molar-refractivity contribution in [1.29, 1.82) is 0 Å². The highest BCUT2D eigenvalue weighted by atomic mass is 32.2. The topological polar surface area (TPSA) is 80.7 Å². The molecule has 0 radical (unpaired) electrons. The van der Waals surface area contributed by atoms with Crippen LogP contribution in [0.15, 0.2) is 60.7 Å². The first-order valence-corrected chi connectivity index (χ1v) is 9.89. The number of benzene rings is 2. The Morgan fingerprint density at radius 1 is 1.08 bits per heavy atom. The lowest BCUT2D eigenvalue weighted by Gasteiger charge is -2.06. The molecule has 1 N–H and O–H groups in total. The summed E-state index contributed by atoms with van der Waals surface area (Å²) in [7, 11) is -0.492. The van der Waals surface area contributed by atoms with E-state index in [-0.39, 0.29) is 5.97 Å². The van der Waals surface area contributed by atoms with Gasteiger partial charge in [0.25, 0.3) is 10.1 Å². The van der Waals surface area contributed by atoms with Crippen LogP contribution in [0.25, 0.3) is 0 Å². The van der Waals surface area contributed by atoms with Crippen molar-refractivity contribution in [3.05, 3.63) is 71.8 Å². The van der Waals surface area contributed by atoms with E-state index in [4.69, 9.17) is 4.55 Å². The highest BCUT2D eigenvalue weighted by molar-refractivity contribution is 7.90. The minimum absolute atomic E-state index is 0.129. The Morgan fingerprint density at radius 2 is 1.60 bits per heavy atom. The Kier molecular flexibility index (Phi) is 9.35. The zero-order chi connectivity index (χ0) is 18.7. The van der Waals surface area contributed by atoms with Gasteiger partial charge in [-0.15, -0.1) is 9.24 Å². The molecule has 2 rings (SSSR count). The average molecular weight is 382 g/mol. The molecule has 0 bridgehead atoms. The van der Waals surface area contributed by atoms with Gasteiger partial charge in [0.1, 0.15) is 4.99 Å². The number of hydrogen-bond acceptors (Lipinski definition) is 4. The van der Waals surface area contributed by atoms with Crippen molar-refractivity contribution in [2.24, 2.45) is 0 Å². The fourth-order valence-corrected chi connectivity index (χ4v) is 2.72. The van der Waals surface area contributed by atoms with Crippen molar-refractivity contribution in [3.63, 3.8) is 0 Å². The maximum atomic E-state index is 10.8. The van der Waals surface area contributed by atoms with Crippen LogP contribution in [0.2, 0.25) is 0 Å². The molecule has 0 heterocycles. The predicted molar refractivity (Wildman–Crippen MR) is 102 cm³/mol. The molecule has 0 aliphatic carbocycles. The van der Waals surface area contributed by atoms with Crippen LogP contribution < -0.4 is 0 Å². The molecule has 2 aromatic rings. The molecule has 0 saturated heterocycles. The normalized spacial score (nSPS) is 11.8. The molecule has 25 heavy (non-hydrogen) atoms. The van der Waals surface area contributed by atoms with Gasteiger partial charge in [-0.25, -0.2) is 0 Å². The molecule has 0 spiro atoms. The Bertz CT molecular complexity index is 733. The molecule has 2 unspecified atom stereocenters. The van der Waals surface area contributed by atoms with Crippen molar-refractivity contribution in [2.75, 3.05) is 7.11 Å². The van der Waals surface area contributed by atoms with Gasteiger partial charge in [0.15, 0.2) is 0 Å². The van der Waals surface area contributed by atoms with Crippen molar-refractivity contribution in [1.82, 2.24) is 0 Å². The monoisotopic (exact) mass is 382 g/mol. The van der Waals surface area contributed by atoms with Gasteiger partial charge in [-0.1, -0.05) is 60.7 Å². The van der Waals surface area contributed by atoms with E-state index in [2.05, 4.69) is 26.1 Å². The summed E-state index contributed by atoms with van der Waals surface area (Å²) in [6, 6.07) is 18.6. The number of carbonyl (C=O) groups is 1. The fraction of sp³-hybridized carbons (Fsp3) is 0.278. The van der Waals surface area contributed by atoms with Crippen LogP contribution in [0.1, 0.15) is 29.0 Å². The van der Waals surface area contributed by atoms with Crippen molar-refractivity contribution >= 4 is 25.3 Å². The Hall–Kier alpha value is -1.75. The molecule has 0 fully saturated rings. The van der Waals surface area contributed by atoms with Crippen LogP contribution in [0.3, 0.4) is 0 Å². The summed E-state index contributed by atoms with van der Waals surface area (Å²) in [5, 5.41) is 0. The molecule has 136 valence electrons. The zero-order valence-electron chi connectivity index (χ0n) is 14.0. The van der Waals surface area contributed by atoms with E-state index < -0.39 is 15.1 Å². The maximum Gasteiger partial charge on any atom is 0.305 e. The molecule has 0 saturated carbocycles. The minimum atomic E-state index is -3.99. The number of aryl methyl sites for hydroxylation is 1. The third-order valence-electron chi connectivity index (χ3n) is 3.37. The van der Waals surface area contributed by atoms with Gasteiger partial charge < -0.3 is 4.74 Å². The Morgan fingerprint density at radius 3 is 2.08 bits per heavy atom. The zero-order valence-corrected chi connectivity index (χ0v) is 16.0. The molecule has 2 atom stereocenters. The van der Waals surface area contributed by atoms with Gasteiger partial charge in [0.05, 0.1) is 7.11 Å². The molecule has 0 aliphatic rings. The molecule has 5 nitrogen and oxygen atoms in total. The van der Waals surface area contributed by atoms with Crippen LogP contribution in [-0.4, -0.2) is 26.0 Å². The molecule has 7 heteroatoms. The average Bonchev–Trinajstić information content (AvgIpc) is 2.62. The largest absolute Gasteiger partial charge is 0.469 e. The second kappa shape index (κ2) is 11.0. The number of hydrogen-bond donors (Lipinski definition) is 1. The summed E-state index contributed by atoms with van der Waals surface area (Å²) in [6.07, 6.45) is 2.30. The number of ether oxygens (including phenoxy) is 1. The highest BCUT2D eigenvalue weighted by Gasteiger charge is 2.18. The van der Waals surface area contributed by atoms with E-state index in [0.717, 1.165) is 12.8 Å². The molecule has 0 amide bonds. The van der Waals surface area contributed by atoms with Gasteiger partial charge in [-0.2, -0.15) is 8.42 Å². The van der Waals surface area contributed by atoms with Gasteiger partial charge in [-0.05, 0) is 24.0 Å². The summed E-state index contributed by atoms with van der Waals surface area (Å²) in [4.78, 5) is 9.85. The second-order valence-electron chi connectivity index (χ2n) is 5.26. The third kappa shape index (κ3) is 8.77. The van der Waals surface area contributed by atoms with Crippen molar-refractivity contribution in [3.8, 4) is 0 Å². The van der Waals surface area contributed by atoms with E-state index in [0.29, 0.717) is 12.0 Å². The van der Waals surface area contributed by atoms with Crippen molar-refractivity contribution < 1.29 is 22.5 Å². The van der Waals surface area contributed by atoms with Crippen LogP contribution >= 0.6 is 9.24 Å². The standard InChI is InChI=1S/C11H14O2.C7H9O3PS/c1-13-11(12)9-5-8-10-6-3-2-4-7-10;8-12(9,10)7(11)6-4-2-1-3-5-6/h2-4,6-7H,5,8-9H2,1H3;1-5,7H,11H2,(H,8,9,10). The first-order chi connectivity index (χ1) is 11.8. The Labute approximate surface area is 151 Å². The summed E-state index contributed by atoms with van der Waals surface area (Å²) in [6.45, 7) is 0. The highest BCUT2D eigenvalue weighted by Crippen LogP contribution is 2.27. The van der Waals surface area contributed by atoms with Crippen LogP contribution in [-0.2, 0) is 26.1 Å². The predicted octanol–water partition coefficient (Wildman–Crippen LogP) is 3.63. The summed E-state index contributed by atoms with van der Waals surface area (Å²) in [5.74, 6) is -0.129. The van der Waals surface area contributed by atoms with Crippen LogP contribution in [0, 0.1) is 0 Å². The van der Waals surface area contributed by atoms with E-state index in [1.165, 1.54) is 12.7 Å². The van der Waals surface area contributed by atoms with E-state index in [9.17, 15) is 13.2 Å². The molecule has 0 aliphatic heterocycles. The van der Waals surface area contributed by atoms with E-state index in [1.54, 1.807) is 30.3 Å². The number of carbonyl (C=O) groups excluding carboxylic acids is 1. The molecular formula is C18H23O5PS. The molecular weight excluding hydrogens is 359 g/mol. The van der Waals surface area contributed by atoms with E-state index >= 15 is 0 Å². The lowest BCUT2D eigenvalue weighted by atomic mass is 10.1. The van der Waals surface area contributed by atoms with Gasteiger partial charge in [0.2, 0.25) is 0 Å². The smallest absolute Gasteiger partial charge is 0.305 e. The van der Waals surface area contributed by atoms with Gasteiger partial charge >= 0.3 is 5.97 Å². The first kappa shape index (κ1) is 21.3. The summed E-state index contributed by atoms with van der Waals surface area (Å²) < 4.78 is 34.6. The second-order valence-corrected chi connectivity index (χ2v) is 7.95. The van der Waals surface area contributed by atoms with Crippen LogP contribution in [0.4, 0.5) is 0 Å². The van der Waals surface area contributed by atoms with E-state index in [1.807, 2.05) is 18.2 Å².